The topological polar surface area (TPSA) is 59.9 Å². The van der Waals surface area contributed by atoms with Gasteiger partial charge in [0.05, 0.1) is 28.4 Å². The second kappa shape index (κ2) is 10.8. The van der Waals surface area contributed by atoms with Gasteiger partial charge in [-0.25, -0.2) is 5.43 Å². The molecule has 34 heavy (non-hydrogen) atoms. The summed E-state index contributed by atoms with van der Waals surface area (Å²) in [6.07, 6.45) is 1.46. The number of amides is 1. The van der Waals surface area contributed by atoms with Crippen molar-refractivity contribution in [2.24, 2.45) is 5.10 Å². The van der Waals surface area contributed by atoms with E-state index in [9.17, 15) is 4.79 Å². The quantitative estimate of drug-likeness (QED) is 0.211. The van der Waals surface area contributed by atoms with Crippen molar-refractivity contribution >= 4 is 57.7 Å². The summed E-state index contributed by atoms with van der Waals surface area (Å²) in [6, 6.07) is 22.1. The van der Waals surface area contributed by atoms with Gasteiger partial charge < -0.3 is 9.47 Å². The third kappa shape index (κ3) is 5.45. The van der Waals surface area contributed by atoms with Crippen LogP contribution >= 0.6 is 34.8 Å². The number of methoxy groups -OCH3 is 1. The fraction of sp³-hybridized carbons (Fsp3) is 0.0769. The van der Waals surface area contributed by atoms with Crippen molar-refractivity contribution in [3.8, 4) is 11.5 Å². The van der Waals surface area contributed by atoms with E-state index in [-0.39, 0.29) is 5.02 Å². The number of ether oxygens (including phenoxy) is 2. The number of hydrogen-bond acceptors (Lipinski definition) is 4. The van der Waals surface area contributed by atoms with Gasteiger partial charge in [0.15, 0.2) is 11.5 Å². The van der Waals surface area contributed by atoms with Gasteiger partial charge in [-0.1, -0.05) is 77.3 Å². The predicted octanol–water partition coefficient (Wildman–Crippen LogP) is 7.15. The minimum atomic E-state index is -0.428. The van der Waals surface area contributed by atoms with Crippen molar-refractivity contribution in [2.45, 2.75) is 6.61 Å². The second-order valence-corrected chi connectivity index (χ2v) is 8.51. The molecule has 0 aliphatic carbocycles. The van der Waals surface area contributed by atoms with Gasteiger partial charge >= 0.3 is 0 Å². The summed E-state index contributed by atoms with van der Waals surface area (Å²) in [5, 5.41) is 7.25. The van der Waals surface area contributed by atoms with Crippen LogP contribution in [-0.4, -0.2) is 19.2 Å². The lowest BCUT2D eigenvalue weighted by Crippen LogP contribution is -2.17. The van der Waals surface area contributed by atoms with Gasteiger partial charge in [0.25, 0.3) is 5.91 Å². The zero-order chi connectivity index (χ0) is 24.1. The van der Waals surface area contributed by atoms with Gasteiger partial charge in [0, 0.05) is 5.56 Å². The van der Waals surface area contributed by atoms with Gasteiger partial charge in [-0.3, -0.25) is 4.79 Å². The summed E-state index contributed by atoms with van der Waals surface area (Å²) in [7, 11) is 1.53. The normalized spacial score (nSPS) is 11.1. The molecule has 0 saturated heterocycles. The molecule has 4 aromatic rings. The summed E-state index contributed by atoms with van der Waals surface area (Å²) in [6.45, 7) is 0.324. The monoisotopic (exact) mass is 512 g/mol. The molecule has 0 bridgehead atoms. The molecule has 0 fully saturated rings. The Morgan fingerprint density at radius 3 is 2.53 bits per heavy atom. The molecule has 4 aromatic carbocycles. The smallest absolute Gasteiger partial charge is 0.271 e. The number of fused-ring (bicyclic) bond motifs is 1. The van der Waals surface area contributed by atoms with E-state index in [1.807, 2.05) is 24.3 Å². The number of carbonyl (C=O) groups excluding carboxylic acids is 1. The van der Waals surface area contributed by atoms with Crippen LogP contribution in [-0.2, 0) is 6.61 Å². The van der Waals surface area contributed by atoms with Crippen molar-refractivity contribution < 1.29 is 14.3 Å². The average molecular weight is 514 g/mol. The van der Waals surface area contributed by atoms with Crippen LogP contribution in [0.2, 0.25) is 15.1 Å². The number of rotatable bonds is 7. The van der Waals surface area contributed by atoms with Crippen LogP contribution in [0.5, 0.6) is 11.5 Å². The highest BCUT2D eigenvalue weighted by Gasteiger charge is 2.13. The zero-order valence-electron chi connectivity index (χ0n) is 18.0. The Hall–Kier alpha value is -3.25. The molecule has 1 N–H and O–H groups in total. The molecule has 4 rings (SSSR count). The average Bonchev–Trinajstić information content (AvgIpc) is 2.84. The van der Waals surface area contributed by atoms with E-state index in [1.165, 1.54) is 19.4 Å². The molecule has 0 atom stereocenters. The first-order valence-electron chi connectivity index (χ1n) is 10.2. The molecule has 0 aliphatic heterocycles. The van der Waals surface area contributed by atoms with E-state index in [0.29, 0.717) is 39.3 Å². The van der Waals surface area contributed by atoms with E-state index in [2.05, 4.69) is 28.7 Å². The molecule has 0 radical (unpaired) electrons. The number of benzene rings is 4. The third-order valence-electron chi connectivity index (χ3n) is 5.07. The van der Waals surface area contributed by atoms with Crippen LogP contribution in [0, 0.1) is 0 Å². The summed E-state index contributed by atoms with van der Waals surface area (Å²) in [5.41, 5.74) is 4.43. The highest BCUT2D eigenvalue weighted by Crippen LogP contribution is 2.37. The minimum Gasteiger partial charge on any atom is -0.493 e. The summed E-state index contributed by atoms with van der Waals surface area (Å²) < 4.78 is 11.5. The van der Waals surface area contributed by atoms with Crippen LogP contribution in [0.3, 0.4) is 0 Å². The molecule has 8 heteroatoms. The molecule has 172 valence electrons. The van der Waals surface area contributed by atoms with Gasteiger partial charge in [-0.2, -0.15) is 5.10 Å². The number of carbonyl (C=O) groups is 1. The van der Waals surface area contributed by atoms with Gasteiger partial charge in [0.2, 0.25) is 0 Å². The molecular weight excluding hydrogens is 495 g/mol. The Kier molecular flexibility index (Phi) is 7.58. The van der Waals surface area contributed by atoms with Crippen molar-refractivity contribution in [2.75, 3.05) is 7.11 Å². The Labute approximate surface area is 211 Å². The molecule has 5 nitrogen and oxygen atoms in total. The van der Waals surface area contributed by atoms with E-state index >= 15 is 0 Å². The minimum absolute atomic E-state index is 0.286. The zero-order valence-corrected chi connectivity index (χ0v) is 20.3. The van der Waals surface area contributed by atoms with Crippen molar-refractivity contribution in [3.63, 3.8) is 0 Å². The maximum atomic E-state index is 12.3. The number of nitrogens with zero attached hydrogens (tertiary/aromatic N) is 1. The van der Waals surface area contributed by atoms with E-state index in [0.717, 1.165) is 16.3 Å². The predicted molar refractivity (Wildman–Crippen MR) is 138 cm³/mol. The SMILES string of the molecule is COc1cc(/C=N\NC(=O)c2ccc(Cl)c(Cl)c2)cc(Cl)c1OCc1cccc2ccccc12. The Bertz CT molecular complexity index is 1380. The number of nitrogens with one attached hydrogen (secondary N) is 1. The van der Waals surface area contributed by atoms with Crippen LogP contribution in [0.15, 0.2) is 77.9 Å². The number of halogens is 3. The first kappa shape index (κ1) is 23.9. The van der Waals surface area contributed by atoms with Crippen LogP contribution in [0.4, 0.5) is 0 Å². The van der Waals surface area contributed by atoms with Crippen molar-refractivity contribution in [3.05, 3.63) is 105 Å². The van der Waals surface area contributed by atoms with Crippen molar-refractivity contribution in [1.29, 1.82) is 0 Å². The lowest BCUT2D eigenvalue weighted by Gasteiger charge is -2.14. The number of hydrazone groups is 1. The summed E-state index contributed by atoms with van der Waals surface area (Å²) in [5.74, 6) is 0.446. The summed E-state index contributed by atoms with van der Waals surface area (Å²) >= 11 is 18.3. The molecule has 0 aliphatic rings. The highest BCUT2D eigenvalue weighted by atomic mass is 35.5. The lowest BCUT2D eigenvalue weighted by molar-refractivity contribution is 0.0955. The Morgan fingerprint density at radius 2 is 1.74 bits per heavy atom. The van der Waals surface area contributed by atoms with E-state index in [4.69, 9.17) is 44.3 Å². The maximum Gasteiger partial charge on any atom is 0.271 e. The maximum absolute atomic E-state index is 12.3. The largest absolute Gasteiger partial charge is 0.493 e. The lowest BCUT2D eigenvalue weighted by atomic mass is 10.1. The highest BCUT2D eigenvalue weighted by molar-refractivity contribution is 6.42. The molecule has 0 unspecified atom stereocenters. The van der Waals surface area contributed by atoms with Gasteiger partial charge in [-0.05, 0) is 52.2 Å². The fourth-order valence-electron chi connectivity index (χ4n) is 3.39. The standard InChI is InChI=1S/C26H19Cl3N2O3/c1-33-24-12-16(14-30-31-26(32)18-9-10-21(27)22(28)13-18)11-23(29)25(24)34-15-19-7-4-6-17-5-2-3-8-20(17)19/h2-14H,15H2,1H3,(H,31,32)/b30-14-. The fourth-order valence-corrected chi connectivity index (χ4v) is 3.96. The second-order valence-electron chi connectivity index (χ2n) is 7.29. The number of hydrogen-bond donors (Lipinski definition) is 1. The first-order valence-corrected chi connectivity index (χ1v) is 11.3. The molecular formula is C26H19Cl3N2O3. The Morgan fingerprint density at radius 1 is 0.941 bits per heavy atom. The van der Waals surface area contributed by atoms with Crippen molar-refractivity contribution in [1.82, 2.24) is 5.43 Å². The molecule has 0 heterocycles. The Balaban J connectivity index is 1.48. The summed E-state index contributed by atoms with van der Waals surface area (Å²) in [4.78, 5) is 12.3. The van der Waals surface area contributed by atoms with Crippen LogP contribution in [0.25, 0.3) is 10.8 Å². The third-order valence-corrected chi connectivity index (χ3v) is 6.09. The van der Waals surface area contributed by atoms with E-state index < -0.39 is 5.91 Å². The van der Waals surface area contributed by atoms with Gasteiger partial charge in [0.1, 0.15) is 6.61 Å². The molecule has 1 amide bonds. The molecule has 0 saturated carbocycles. The molecule has 0 aromatic heterocycles. The first-order chi connectivity index (χ1) is 16.5. The van der Waals surface area contributed by atoms with Crippen LogP contribution in [0.1, 0.15) is 21.5 Å². The van der Waals surface area contributed by atoms with E-state index in [1.54, 1.807) is 24.3 Å². The van der Waals surface area contributed by atoms with Crippen LogP contribution < -0.4 is 14.9 Å². The molecule has 0 spiro atoms. The van der Waals surface area contributed by atoms with Gasteiger partial charge in [-0.15, -0.1) is 0 Å².